The Balaban J connectivity index is 0.00000180. The maximum atomic E-state index is 13.5. The molecule has 0 spiro atoms. The van der Waals surface area contributed by atoms with Gasteiger partial charge in [-0.25, -0.2) is 8.78 Å². The van der Waals surface area contributed by atoms with Gasteiger partial charge in [0.05, 0.1) is 12.1 Å². The minimum Gasteiger partial charge on any atom is -0.337 e. The first-order valence-corrected chi connectivity index (χ1v) is 5.99. The fourth-order valence-electron chi connectivity index (χ4n) is 1.86. The highest BCUT2D eigenvalue weighted by Crippen LogP contribution is 2.34. The molecular weight excluding hydrogens is 274 g/mol. The minimum absolute atomic E-state index is 0. The molecule has 1 fully saturated rings. The lowest BCUT2D eigenvalue weighted by atomic mass is 10.1. The molecule has 1 aliphatic carbocycles. The predicted molar refractivity (Wildman–Crippen MR) is 70.8 cm³/mol. The average molecular weight is 291 g/mol. The van der Waals surface area contributed by atoms with Crippen LogP contribution in [0.5, 0.6) is 0 Å². The molecule has 1 aliphatic rings. The molecule has 1 aromatic rings. The smallest absolute Gasteiger partial charge is 0.242 e. The van der Waals surface area contributed by atoms with Crippen LogP contribution in [0.4, 0.5) is 8.78 Å². The quantitative estimate of drug-likeness (QED) is 0.924. The van der Waals surface area contributed by atoms with Crippen molar-refractivity contribution in [3.05, 3.63) is 35.4 Å². The van der Waals surface area contributed by atoms with Gasteiger partial charge in [-0.1, -0.05) is 6.07 Å². The lowest BCUT2D eigenvalue weighted by Crippen LogP contribution is -2.45. The summed E-state index contributed by atoms with van der Waals surface area (Å²) in [7, 11) is 0. The van der Waals surface area contributed by atoms with E-state index in [9.17, 15) is 13.6 Å². The number of carbonyl (C=O) groups is 1. The van der Waals surface area contributed by atoms with Gasteiger partial charge in [-0.05, 0) is 31.9 Å². The molecule has 0 aliphatic heterocycles. The third-order valence-corrected chi connectivity index (χ3v) is 3.29. The maximum absolute atomic E-state index is 13.5. The summed E-state index contributed by atoms with van der Waals surface area (Å²) in [5.74, 6) is -1.50. The van der Waals surface area contributed by atoms with Gasteiger partial charge in [0, 0.05) is 12.1 Å². The lowest BCUT2D eigenvalue weighted by molar-refractivity contribution is -0.134. The third-order valence-electron chi connectivity index (χ3n) is 3.29. The molecule has 1 aromatic carbocycles. The first-order chi connectivity index (χ1) is 8.48. The number of benzene rings is 1. The number of carbonyl (C=O) groups excluding carboxylic acids is 1. The van der Waals surface area contributed by atoms with Crippen molar-refractivity contribution in [1.29, 1.82) is 0 Å². The zero-order valence-corrected chi connectivity index (χ0v) is 11.5. The van der Waals surface area contributed by atoms with E-state index in [0.717, 1.165) is 0 Å². The summed E-state index contributed by atoms with van der Waals surface area (Å²) in [5, 5.41) is 0. The Morgan fingerprint density at radius 2 is 1.89 bits per heavy atom. The third kappa shape index (κ3) is 3.22. The highest BCUT2D eigenvalue weighted by molar-refractivity contribution is 5.89. The monoisotopic (exact) mass is 290 g/mol. The normalized spacial score (nSPS) is 15.6. The van der Waals surface area contributed by atoms with Crippen LogP contribution in [-0.4, -0.2) is 22.9 Å². The molecule has 0 radical (unpaired) electrons. The van der Waals surface area contributed by atoms with Crippen LogP contribution >= 0.6 is 12.4 Å². The Kier molecular flexibility index (Phi) is 4.87. The number of hydrogen-bond acceptors (Lipinski definition) is 2. The van der Waals surface area contributed by atoms with E-state index in [1.165, 1.54) is 23.1 Å². The zero-order valence-electron chi connectivity index (χ0n) is 10.7. The van der Waals surface area contributed by atoms with Crippen molar-refractivity contribution < 1.29 is 13.6 Å². The van der Waals surface area contributed by atoms with Gasteiger partial charge < -0.3 is 10.6 Å². The van der Waals surface area contributed by atoms with Crippen LogP contribution in [0.15, 0.2) is 18.2 Å². The van der Waals surface area contributed by atoms with E-state index in [1.54, 1.807) is 6.92 Å². The van der Waals surface area contributed by atoms with Crippen LogP contribution in [0.3, 0.4) is 0 Å². The molecule has 106 valence electrons. The largest absolute Gasteiger partial charge is 0.337 e. The van der Waals surface area contributed by atoms with E-state index in [0.29, 0.717) is 19.4 Å². The van der Waals surface area contributed by atoms with Crippen LogP contribution in [-0.2, 0) is 11.3 Å². The molecule has 0 unspecified atom stereocenters. The predicted octanol–water partition coefficient (Wildman–Crippen LogP) is 2.23. The first kappa shape index (κ1) is 15.9. The van der Waals surface area contributed by atoms with Crippen molar-refractivity contribution >= 4 is 18.3 Å². The van der Waals surface area contributed by atoms with Gasteiger partial charge in [-0.3, -0.25) is 4.79 Å². The Hall–Kier alpha value is -1.20. The van der Waals surface area contributed by atoms with Crippen LogP contribution in [0.25, 0.3) is 0 Å². The van der Waals surface area contributed by atoms with E-state index >= 15 is 0 Å². The van der Waals surface area contributed by atoms with E-state index < -0.39 is 17.2 Å². The van der Waals surface area contributed by atoms with Crippen molar-refractivity contribution in [2.24, 2.45) is 5.73 Å². The van der Waals surface area contributed by atoms with Crippen LogP contribution < -0.4 is 5.73 Å². The van der Waals surface area contributed by atoms with Gasteiger partial charge in [0.15, 0.2) is 0 Å². The molecule has 2 N–H and O–H groups in total. The first-order valence-electron chi connectivity index (χ1n) is 5.99. The Morgan fingerprint density at radius 3 is 2.32 bits per heavy atom. The molecule has 0 atom stereocenters. The molecule has 2 rings (SSSR count). The zero-order chi connectivity index (χ0) is 13.3. The molecular formula is C13H17ClF2N2O. The maximum Gasteiger partial charge on any atom is 0.242 e. The fraction of sp³-hybridized carbons (Fsp3) is 0.462. The number of nitrogens with two attached hydrogens (primary N) is 1. The van der Waals surface area contributed by atoms with Gasteiger partial charge in [0.25, 0.3) is 0 Å². The topological polar surface area (TPSA) is 46.3 Å². The fourth-order valence-corrected chi connectivity index (χ4v) is 1.86. The van der Waals surface area contributed by atoms with E-state index in [1.807, 2.05) is 0 Å². The van der Waals surface area contributed by atoms with Crippen LogP contribution in [0.2, 0.25) is 0 Å². The molecule has 6 heteroatoms. The number of nitrogens with zero attached hydrogens (tertiary/aromatic N) is 1. The molecule has 19 heavy (non-hydrogen) atoms. The second-order valence-electron chi connectivity index (χ2n) is 4.68. The van der Waals surface area contributed by atoms with Crippen LogP contribution in [0.1, 0.15) is 25.3 Å². The molecule has 0 aromatic heterocycles. The van der Waals surface area contributed by atoms with Crippen molar-refractivity contribution in [2.45, 2.75) is 31.8 Å². The second kappa shape index (κ2) is 5.84. The Bertz CT molecular complexity index is 457. The highest BCUT2D eigenvalue weighted by atomic mass is 35.5. The minimum atomic E-state index is -0.808. The van der Waals surface area contributed by atoms with E-state index in [-0.39, 0.29) is 30.4 Å². The standard InChI is InChI=1S/C13H16F2N2O.ClH/c1-2-17(12(18)13(16)6-7-13)8-9-10(14)4-3-5-11(9)15;/h3-5H,2,6-8,16H2,1H3;1H. The summed E-state index contributed by atoms with van der Waals surface area (Å²) < 4.78 is 27.0. The summed E-state index contributed by atoms with van der Waals surface area (Å²) >= 11 is 0. The molecule has 3 nitrogen and oxygen atoms in total. The Labute approximate surface area is 117 Å². The summed E-state index contributed by atoms with van der Waals surface area (Å²) in [6.07, 6.45) is 1.28. The molecule has 1 amide bonds. The molecule has 0 saturated heterocycles. The number of amides is 1. The summed E-state index contributed by atoms with van der Waals surface area (Å²) in [4.78, 5) is 13.4. The van der Waals surface area contributed by atoms with E-state index in [4.69, 9.17) is 5.73 Å². The summed E-state index contributed by atoms with van der Waals surface area (Å²) in [6, 6.07) is 3.68. The molecule has 0 bridgehead atoms. The number of halogens is 3. The molecule has 0 heterocycles. The number of rotatable bonds is 4. The number of likely N-dealkylation sites (N-methyl/N-ethyl adjacent to an activating group) is 1. The van der Waals surface area contributed by atoms with Gasteiger partial charge in [0.2, 0.25) is 5.91 Å². The van der Waals surface area contributed by atoms with Crippen molar-refractivity contribution in [3.8, 4) is 0 Å². The Morgan fingerprint density at radius 1 is 1.37 bits per heavy atom. The number of hydrogen-bond donors (Lipinski definition) is 1. The van der Waals surface area contributed by atoms with Crippen molar-refractivity contribution in [3.63, 3.8) is 0 Å². The SMILES string of the molecule is CCN(Cc1c(F)cccc1F)C(=O)C1(N)CC1.Cl. The van der Waals surface area contributed by atoms with E-state index in [2.05, 4.69) is 0 Å². The van der Waals surface area contributed by atoms with Crippen LogP contribution in [0, 0.1) is 11.6 Å². The lowest BCUT2D eigenvalue weighted by Gasteiger charge is -2.24. The van der Waals surface area contributed by atoms with Crippen molar-refractivity contribution in [2.75, 3.05) is 6.54 Å². The highest BCUT2D eigenvalue weighted by Gasteiger charge is 2.47. The van der Waals surface area contributed by atoms with Gasteiger partial charge in [-0.15, -0.1) is 12.4 Å². The average Bonchev–Trinajstić information content (AvgIpc) is 3.08. The van der Waals surface area contributed by atoms with Gasteiger partial charge >= 0.3 is 0 Å². The van der Waals surface area contributed by atoms with Gasteiger partial charge in [-0.2, -0.15) is 0 Å². The summed E-state index contributed by atoms with van der Waals surface area (Å²) in [6.45, 7) is 2.07. The molecule has 1 saturated carbocycles. The summed E-state index contributed by atoms with van der Waals surface area (Å²) in [5.41, 5.74) is 4.92. The van der Waals surface area contributed by atoms with Gasteiger partial charge in [0.1, 0.15) is 11.6 Å². The second-order valence-corrected chi connectivity index (χ2v) is 4.68. The van der Waals surface area contributed by atoms with Crippen molar-refractivity contribution in [1.82, 2.24) is 4.90 Å².